The zero-order valence-corrected chi connectivity index (χ0v) is 12.8. The Bertz CT molecular complexity index is 583. The van der Waals surface area contributed by atoms with E-state index in [0.717, 1.165) is 29.9 Å². The predicted octanol–water partition coefficient (Wildman–Crippen LogP) is 3.46. The molecule has 0 fully saturated rings. The van der Waals surface area contributed by atoms with Crippen LogP contribution in [0.4, 0.5) is 4.39 Å². The fraction of sp³-hybridized carbons (Fsp3) is 0.438. The van der Waals surface area contributed by atoms with Crippen molar-refractivity contribution in [1.82, 2.24) is 15.1 Å². The second-order valence-electron chi connectivity index (χ2n) is 5.21. The minimum absolute atomic E-state index is 0.250. The lowest BCUT2D eigenvalue weighted by Crippen LogP contribution is -2.19. The minimum Gasteiger partial charge on any atom is -0.494 e. The number of halogens is 1. The number of H-pyrrole nitrogens is 1. The lowest BCUT2D eigenvalue weighted by Gasteiger charge is -2.16. The summed E-state index contributed by atoms with van der Waals surface area (Å²) in [6.07, 6.45) is 4.15. The molecule has 1 N–H and O–H groups in total. The zero-order valence-electron chi connectivity index (χ0n) is 12.8. The fourth-order valence-corrected chi connectivity index (χ4v) is 2.30. The van der Waals surface area contributed by atoms with Crippen LogP contribution in [0.2, 0.25) is 0 Å². The standard InChI is InChI=1S/C16H22FN3O/c1-4-5-8-20(2)11-13-10-18-19-16(13)12-6-7-15(21-3)14(17)9-12/h6-7,9-10H,4-5,8,11H2,1-3H3,(H,18,19). The monoisotopic (exact) mass is 291 g/mol. The van der Waals surface area contributed by atoms with Gasteiger partial charge in [-0.2, -0.15) is 5.10 Å². The number of nitrogens with one attached hydrogen (secondary N) is 1. The van der Waals surface area contributed by atoms with Crippen LogP contribution >= 0.6 is 0 Å². The van der Waals surface area contributed by atoms with Gasteiger partial charge in [0.25, 0.3) is 0 Å². The summed E-state index contributed by atoms with van der Waals surface area (Å²) in [5.74, 6) is -0.116. The molecule has 0 aliphatic rings. The third kappa shape index (κ3) is 3.82. The maximum Gasteiger partial charge on any atom is 0.165 e. The molecule has 0 spiro atoms. The van der Waals surface area contributed by atoms with Crippen molar-refractivity contribution in [2.24, 2.45) is 0 Å². The number of nitrogens with zero attached hydrogens (tertiary/aromatic N) is 2. The highest BCUT2D eigenvalue weighted by Crippen LogP contribution is 2.27. The molecule has 0 aliphatic carbocycles. The van der Waals surface area contributed by atoms with E-state index in [1.807, 2.05) is 6.07 Å². The molecule has 114 valence electrons. The molecule has 1 aromatic heterocycles. The lowest BCUT2D eigenvalue weighted by atomic mass is 10.1. The van der Waals surface area contributed by atoms with E-state index in [1.54, 1.807) is 12.3 Å². The van der Waals surface area contributed by atoms with Crippen molar-refractivity contribution in [3.8, 4) is 17.0 Å². The van der Waals surface area contributed by atoms with Gasteiger partial charge in [0.05, 0.1) is 19.0 Å². The van der Waals surface area contributed by atoms with Crippen molar-refractivity contribution in [2.45, 2.75) is 26.3 Å². The van der Waals surface area contributed by atoms with Crippen molar-refractivity contribution in [2.75, 3.05) is 20.7 Å². The molecule has 0 amide bonds. The molecule has 0 saturated carbocycles. The van der Waals surface area contributed by atoms with Crippen LogP contribution in [0.1, 0.15) is 25.3 Å². The quantitative estimate of drug-likeness (QED) is 0.849. The topological polar surface area (TPSA) is 41.2 Å². The highest BCUT2D eigenvalue weighted by atomic mass is 19.1. The molecule has 0 aliphatic heterocycles. The molecule has 2 rings (SSSR count). The van der Waals surface area contributed by atoms with Crippen LogP contribution in [0.5, 0.6) is 5.75 Å². The number of benzene rings is 1. The van der Waals surface area contributed by atoms with Gasteiger partial charge in [-0.3, -0.25) is 5.10 Å². The van der Waals surface area contributed by atoms with Crippen LogP contribution in [0.15, 0.2) is 24.4 Å². The molecule has 0 unspecified atom stereocenters. The first-order valence-electron chi connectivity index (χ1n) is 7.20. The second kappa shape index (κ2) is 7.22. The lowest BCUT2D eigenvalue weighted by molar-refractivity contribution is 0.321. The van der Waals surface area contributed by atoms with Gasteiger partial charge in [0.1, 0.15) is 0 Å². The number of hydrogen-bond acceptors (Lipinski definition) is 3. The Hall–Kier alpha value is -1.88. The van der Waals surface area contributed by atoms with Crippen molar-refractivity contribution < 1.29 is 9.13 Å². The highest BCUT2D eigenvalue weighted by molar-refractivity contribution is 5.63. The molecule has 21 heavy (non-hydrogen) atoms. The van der Waals surface area contributed by atoms with E-state index in [9.17, 15) is 4.39 Å². The van der Waals surface area contributed by atoms with Gasteiger partial charge in [-0.05, 0) is 38.2 Å². The van der Waals surface area contributed by atoms with Crippen molar-refractivity contribution >= 4 is 0 Å². The first kappa shape index (κ1) is 15.5. The fourth-order valence-electron chi connectivity index (χ4n) is 2.30. The molecular weight excluding hydrogens is 269 g/mol. The number of hydrogen-bond donors (Lipinski definition) is 1. The molecule has 0 radical (unpaired) electrons. The first-order valence-corrected chi connectivity index (χ1v) is 7.20. The van der Waals surface area contributed by atoms with Crippen LogP contribution in [0.25, 0.3) is 11.3 Å². The summed E-state index contributed by atoms with van der Waals surface area (Å²) in [7, 11) is 3.55. The Morgan fingerprint density at radius 2 is 2.19 bits per heavy atom. The Labute approximate surface area is 124 Å². The smallest absolute Gasteiger partial charge is 0.165 e. The number of unbranched alkanes of at least 4 members (excludes halogenated alkanes) is 1. The van der Waals surface area contributed by atoms with Gasteiger partial charge in [-0.15, -0.1) is 0 Å². The van der Waals surface area contributed by atoms with Crippen LogP contribution in [-0.4, -0.2) is 35.8 Å². The largest absolute Gasteiger partial charge is 0.494 e. The third-order valence-corrected chi connectivity index (χ3v) is 3.49. The van der Waals surface area contributed by atoms with E-state index >= 15 is 0 Å². The number of ether oxygens (including phenoxy) is 1. The van der Waals surface area contributed by atoms with Gasteiger partial charge in [0.2, 0.25) is 0 Å². The zero-order chi connectivity index (χ0) is 15.2. The summed E-state index contributed by atoms with van der Waals surface area (Å²) in [4.78, 5) is 2.25. The Morgan fingerprint density at radius 1 is 1.38 bits per heavy atom. The molecule has 0 saturated heterocycles. The van der Waals surface area contributed by atoms with Crippen molar-refractivity contribution in [3.05, 3.63) is 35.8 Å². The van der Waals surface area contributed by atoms with E-state index < -0.39 is 0 Å². The minimum atomic E-state index is -0.366. The highest BCUT2D eigenvalue weighted by Gasteiger charge is 2.12. The normalized spacial score (nSPS) is 11.1. The van der Waals surface area contributed by atoms with E-state index in [4.69, 9.17) is 4.74 Å². The van der Waals surface area contributed by atoms with Gasteiger partial charge in [0, 0.05) is 17.7 Å². The van der Waals surface area contributed by atoms with E-state index in [1.165, 1.54) is 26.0 Å². The number of methoxy groups -OCH3 is 1. The first-order chi connectivity index (χ1) is 10.2. The van der Waals surface area contributed by atoms with Gasteiger partial charge in [-0.25, -0.2) is 4.39 Å². The van der Waals surface area contributed by atoms with Gasteiger partial charge < -0.3 is 9.64 Å². The summed E-state index contributed by atoms with van der Waals surface area (Å²) in [5.41, 5.74) is 2.71. The number of aromatic nitrogens is 2. The van der Waals surface area contributed by atoms with Gasteiger partial charge in [0.15, 0.2) is 11.6 Å². The SMILES string of the molecule is CCCCN(C)Cc1cn[nH]c1-c1ccc(OC)c(F)c1. The summed E-state index contributed by atoms with van der Waals surface area (Å²) < 4.78 is 18.8. The average Bonchev–Trinajstić information content (AvgIpc) is 2.93. The molecule has 2 aromatic rings. The third-order valence-electron chi connectivity index (χ3n) is 3.49. The predicted molar refractivity (Wildman–Crippen MR) is 81.8 cm³/mol. The second-order valence-corrected chi connectivity index (χ2v) is 5.21. The Balaban J connectivity index is 2.18. The van der Waals surface area contributed by atoms with Crippen LogP contribution in [0.3, 0.4) is 0 Å². The van der Waals surface area contributed by atoms with Crippen LogP contribution in [-0.2, 0) is 6.54 Å². The maximum absolute atomic E-state index is 13.8. The van der Waals surface area contributed by atoms with Crippen LogP contribution < -0.4 is 4.74 Å². The molecular formula is C16H22FN3O. The Morgan fingerprint density at radius 3 is 2.86 bits per heavy atom. The summed E-state index contributed by atoms with van der Waals surface area (Å²) in [5, 5.41) is 7.06. The summed E-state index contributed by atoms with van der Waals surface area (Å²) in [6.45, 7) is 4.01. The van der Waals surface area contributed by atoms with Gasteiger partial charge in [-0.1, -0.05) is 13.3 Å². The van der Waals surface area contributed by atoms with E-state index in [0.29, 0.717) is 0 Å². The van der Waals surface area contributed by atoms with E-state index in [2.05, 4.69) is 29.1 Å². The molecule has 0 atom stereocenters. The van der Waals surface area contributed by atoms with E-state index in [-0.39, 0.29) is 11.6 Å². The summed E-state index contributed by atoms with van der Waals surface area (Å²) in [6, 6.07) is 4.95. The van der Waals surface area contributed by atoms with Crippen LogP contribution in [0, 0.1) is 5.82 Å². The van der Waals surface area contributed by atoms with Crippen molar-refractivity contribution in [3.63, 3.8) is 0 Å². The number of rotatable bonds is 7. The summed E-state index contributed by atoms with van der Waals surface area (Å²) >= 11 is 0. The maximum atomic E-state index is 13.8. The number of aromatic amines is 1. The molecule has 0 bridgehead atoms. The molecule has 1 aromatic carbocycles. The molecule has 4 nitrogen and oxygen atoms in total. The molecule has 1 heterocycles. The van der Waals surface area contributed by atoms with Crippen molar-refractivity contribution in [1.29, 1.82) is 0 Å². The van der Waals surface area contributed by atoms with Gasteiger partial charge >= 0.3 is 0 Å². The average molecular weight is 291 g/mol. The Kier molecular flexibility index (Phi) is 5.33. The molecule has 5 heteroatoms.